The van der Waals surface area contributed by atoms with Crippen LogP contribution < -0.4 is 9.41 Å². The predicted molar refractivity (Wildman–Crippen MR) is 91.4 cm³/mol. The summed E-state index contributed by atoms with van der Waals surface area (Å²) >= 11 is 0. The van der Waals surface area contributed by atoms with Gasteiger partial charge in [-0.15, -0.1) is 0 Å². The Morgan fingerprint density at radius 2 is 0.565 bits per heavy atom. The molecular weight excluding hydrogens is 326 g/mol. The van der Waals surface area contributed by atoms with Gasteiger partial charge in [-0.25, -0.2) is 0 Å². The minimum Gasteiger partial charge on any atom is -1.00 e. The minimum atomic E-state index is 0. The molecule has 0 aliphatic carbocycles. The Kier molecular flexibility index (Phi) is 12.0. The quantitative estimate of drug-likeness (QED) is 0.457. The van der Waals surface area contributed by atoms with Gasteiger partial charge >= 0.3 is 21.7 Å². The smallest absolute Gasteiger partial charge is 1.00 e. The summed E-state index contributed by atoms with van der Waals surface area (Å²) in [5.74, 6) is 0. The van der Waals surface area contributed by atoms with E-state index in [1.807, 2.05) is 0 Å². The fraction of sp³-hybridized carbons (Fsp3) is 0.500. The summed E-state index contributed by atoms with van der Waals surface area (Å²) in [6, 6.07) is 0. The molecule has 2 rings (SSSR count). The molecule has 0 saturated carbocycles. The number of rotatable bonds is 0. The van der Waals surface area contributed by atoms with E-state index in [-0.39, 0.29) is 31.1 Å². The van der Waals surface area contributed by atoms with Crippen LogP contribution in [0.25, 0.3) is 0 Å². The van der Waals surface area contributed by atoms with Gasteiger partial charge in [-0.2, -0.15) is 55.6 Å². The van der Waals surface area contributed by atoms with E-state index in [1.54, 1.807) is 0 Å². The second-order valence-electron chi connectivity index (χ2n) is 6.25. The molecule has 128 valence electrons. The fourth-order valence-corrected chi connectivity index (χ4v) is 2.81. The van der Waals surface area contributed by atoms with E-state index in [1.165, 1.54) is 55.6 Å². The maximum absolute atomic E-state index is 2.20. The van der Waals surface area contributed by atoms with Crippen LogP contribution in [-0.2, 0) is 21.7 Å². The van der Waals surface area contributed by atoms with Crippen molar-refractivity contribution in [3.63, 3.8) is 0 Å². The van der Waals surface area contributed by atoms with Crippen molar-refractivity contribution in [2.24, 2.45) is 0 Å². The first kappa shape index (κ1) is 27.1. The monoisotopic (exact) mass is 356 g/mol. The Hall–Kier alpha value is -0.726. The fourth-order valence-electron chi connectivity index (χ4n) is 2.81. The van der Waals surface area contributed by atoms with Gasteiger partial charge in [0.25, 0.3) is 0 Å². The first-order chi connectivity index (χ1) is 9.11. The van der Waals surface area contributed by atoms with Crippen molar-refractivity contribution in [2.45, 2.75) is 69.2 Å². The van der Waals surface area contributed by atoms with Crippen molar-refractivity contribution in [1.82, 2.24) is 0 Å². The molecule has 23 heavy (non-hydrogen) atoms. The Balaban J connectivity index is -0.000000308. The van der Waals surface area contributed by atoms with E-state index < -0.39 is 0 Å². The summed E-state index contributed by atoms with van der Waals surface area (Å²) in [6.45, 7) is 22.0. The maximum atomic E-state index is 2.20. The molecule has 0 aliphatic heterocycles. The largest absolute Gasteiger partial charge is 4.00 e. The summed E-state index contributed by atoms with van der Waals surface area (Å²) in [5.41, 5.74) is 14.7. The molecular formula is C20H30F2Ti. The van der Waals surface area contributed by atoms with E-state index in [9.17, 15) is 0 Å². The third-order valence-corrected chi connectivity index (χ3v) is 5.62. The van der Waals surface area contributed by atoms with Gasteiger partial charge in [-0.3, -0.25) is 0 Å². The van der Waals surface area contributed by atoms with Crippen LogP contribution in [0.4, 0.5) is 0 Å². The molecule has 0 fully saturated rings. The standard InChI is InChI=1S/2C10H15.2FH.Ti/c2*1-6-7(2)9(4)10(5)8(6)3;;;/h2*1-5H3;2*1H;/q2*-1;;;+4/p-2. The molecule has 0 atom stereocenters. The van der Waals surface area contributed by atoms with Crippen molar-refractivity contribution in [1.29, 1.82) is 0 Å². The van der Waals surface area contributed by atoms with Crippen LogP contribution in [0.1, 0.15) is 55.6 Å². The molecule has 0 unspecified atom stereocenters. The van der Waals surface area contributed by atoms with E-state index in [2.05, 4.69) is 69.2 Å². The van der Waals surface area contributed by atoms with E-state index >= 15 is 0 Å². The van der Waals surface area contributed by atoms with Gasteiger partial charge < -0.3 is 9.41 Å². The third-order valence-electron chi connectivity index (χ3n) is 5.62. The normalized spacial score (nSPS) is 9.13. The molecule has 0 saturated heterocycles. The van der Waals surface area contributed by atoms with Crippen LogP contribution >= 0.6 is 0 Å². The molecule has 0 heterocycles. The number of halogens is 2. The van der Waals surface area contributed by atoms with E-state index in [0.29, 0.717) is 0 Å². The number of hydrogen-bond acceptors (Lipinski definition) is 0. The molecule has 0 aromatic heterocycles. The second kappa shape index (κ2) is 10.2. The minimum absolute atomic E-state index is 0. The van der Waals surface area contributed by atoms with Crippen LogP contribution in [0.2, 0.25) is 0 Å². The average molecular weight is 356 g/mol. The Bertz CT molecular complexity index is 414. The van der Waals surface area contributed by atoms with Gasteiger partial charge in [0.1, 0.15) is 0 Å². The van der Waals surface area contributed by atoms with Crippen molar-refractivity contribution >= 4 is 0 Å². The SMILES string of the molecule is Cc1c(C)c(C)[c-](C)c1C.Cc1c(C)c(C)[c-](C)c1C.[F-].[F-].[Ti+4]. The van der Waals surface area contributed by atoms with Gasteiger partial charge in [0, 0.05) is 0 Å². The summed E-state index contributed by atoms with van der Waals surface area (Å²) in [7, 11) is 0. The zero-order valence-electron chi connectivity index (χ0n) is 16.3. The Labute approximate surface area is 156 Å². The molecule has 0 nitrogen and oxygen atoms in total. The van der Waals surface area contributed by atoms with Crippen molar-refractivity contribution < 1.29 is 31.1 Å². The van der Waals surface area contributed by atoms with E-state index in [0.717, 1.165) is 0 Å². The van der Waals surface area contributed by atoms with Gasteiger partial charge in [-0.05, 0) is 0 Å². The Morgan fingerprint density at radius 3 is 0.609 bits per heavy atom. The number of hydrogen-bond donors (Lipinski definition) is 0. The molecule has 0 N–H and O–H groups in total. The molecule has 0 radical (unpaired) electrons. The summed E-state index contributed by atoms with van der Waals surface area (Å²) in [4.78, 5) is 0. The average Bonchev–Trinajstić information content (AvgIpc) is 2.71. The first-order valence-electron chi connectivity index (χ1n) is 7.50. The molecule has 0 amide bonds. The van der Waals surface area contributed by atoms with Crippen LogP contribution in [0.3, 0.4) is 0 Å². The predicted octanol–water partition coefficient (Wildman–Crippen LogP) is -0.0993. The Morgan fingerprint density at radius 1 is 0.435 bits per heavy atom. The van der Waals surface area contributed by atoms with Crippen molar-refractivity contribution in [2.75, 3.05) is 0 Å². The van der Waals surface area contributed by atoms with E-state index in [4.69, 9.17) is 0 Å². The van der Waals surface area contributed by atoms with Gasteiger partial charge in [0.2, 0.25) is 0 Å². The third kappa shape index (κ3) is 5.12. The van der Waals surface area contributed by atoms with Crippen LogP contribution in [0.5, 0.6) is 0 Å². The van der Waals surface area contributed by atoms with Crippen LogP contribution in [0, 0.1) is 69.2 Å². The first-order valence-corrected chi connectivity index (χ1v) is 7.50. The zero-order chi connectivity index (χ0) is 15.8. The molecule has 0 spiro atoms. The summed E-state index contributed by atoms with van der Waals surface area (Å²) in [5, 5.41) is 0. The molecule has 2 aromatic carbocycles. The van der Waals surface area contributed by atoms with Gasteiger partial charge in [-0.1, -0.05) is 69.2 Å². The zero-order valence-corrected chi connectivity index (χ0v) is 17.8. The van der Waals surface area contributed by atoms with Crippen molar-refractivity contribution in [3.05, 3.63) is 55.6 Å². The van der Waals surface area contributed by atoms with Gasteiger partial charge in [0.15, 0.2) is 0 Å². The molecule has 3 heteroatoms. The van der Waals surface area contributed by atoms with Crippen LogP contribution in [0.15, 0.2) is 0 Å². The van der Waals surface area contributed by atoms with Crippen molar-refractivity contribution in [3.8, 4) is 0 Å². The van der Waals surface area contributed by atoms with Gasteiger partial charge in [0.05, 0.1) is 0 Å². The summed E-state index contributed by atoms with van der Waals surface area (Å²) in [6.07, 6.45) is 0. The molecule has 2 aromatic rings. The topological polar surface area (TPSA) is 0 Å². The van der Waals surface area contributed by atoms with Crippen LogP contribution in [-0.4, -0.2) is 0 Å². The maximum Gasteiger partial charge on any atom is 4.00 e. The summed E-state index contributed by atoms with van der Waals surface area (Å²) < 4.78 is 0. The second-order valence-corrected chi connectivity index (χ2v) is 6.25. The molecule has 0 aliphatic rings. The molecule has 0 bridgehead atoms.